The van der Waals surface area contributed by atoms with Crippen molar-refractivity contribution in [2.24, 2.45) is 13.0 Å². The van der Waals surface area contributed by atoms with Gasteiger partial charge in [0.2, 0.25) is 10.0 Å². The highest BCUT2D eigenvalue weighted by molar-refractivity contribution is 7.89. The molecule has 2 fully saturated rings. The molecule has 2 heterocycles. The number of hydrogen-bond donors (Lipinski definition) is 2. The number of nitrogens with one attached hydrogen (secondary N) is 2. The van der Waals surface area contributed by atoms with E-state index in [0.29, 0.717) is 30.4 Å². The summed E-state index contributed by atoms with van der Waals surface area (Å²) in [6, 6.07) is -0.537. The molecular weight excluding hydrogens is 490 g/mol. The Morgan fingerprint density at radius 2 is 1.76 bits per heavy atom. The van der Waals surface area contributed by atoms with Gasteiger partial charge in [0.15, 0.2) is 5.82 Å². The summed E-state index contributed by atoms with van der Waals surface area (Å²) in [4.78, 5) is 21.3. The minimum Gasteiger partial charge on any atom is -0.331 e. The van der Waals surface area contributed by atoms with E-state index >= 15 is 0 Å². The Balaban J connectivity index is 1.64. The smallest absolute Gasteiger partial charge is 0.317 e. The quantitative estimate of drug-likeness (QED) is 0.374. The fourth-order valence-corrected chi connectivity index (χ4v) is 6.80. The van der Waals surface area contributed by atoms with Crippen molar-refractivity contribution in [3.05, 3.63) is 11.6 Å². The number of urea groups is 1. The number of rotatable bonds is 14. The highest BCUT2D eigenvalue weighted by Gasteiger charge is 2.26. The lowest BCUT2D eigenvalue weighted by molar-refractivity contribution is 0.185. The van der Waals surface area contributed by atoms with Gasteiger partial charge in [0.25, 0.3) is 0 Å². The molecule has 2 aliphatic rings. The third kappa shape index (κ3) is 9.83. The number of aryl methyl sites for hydroxylation is 1. The number of hydrogen-bond acceptors (Lipinski definition) is 6. The van der Waals surface area contributed by atoms with E-state index in [-0.39, 0.29) is 18.3 Å². The van der Waals surface area contributed by atoms with Crippen LogP contribution in [0.15, 0.2) is 0 Å². The fraction of sp³-hybridized carbons (Fsp3) is 0.885. The van der Waals surface area contributed by atoms with Gasteiger partial charge in [0, 0.05) is 20.1 Å². The number of piperidine rings is 1. The third-order valence-corrected chi connectivity index (χ3v) is 9.38. The molecule has 37 heavy (non-hydrogen) atoms. The summed E-state index contributed by atoms with van der Waals surface area (Å²) in [5.41, 5.74) is 0. The molecule has 3 rings (SSSR count). The van der Waals surface area contributed by atoms with Gasteiger partial charge in [0.05, 0.1) is 18.3 Å². The van der Waals surface area contributed by atoms with Gasteiger partial charge in [-0.25, -0.2) is 22.9 Å². The second-order valence-electron chi connectivity index (χ2n) is 10.7. The number of carbonyl (C=O) groups excluding carboxylic acids is 1. The average Bonchev–Trinajstić information content (AvgIpc) is 3.29. The second kappa shape index (κ2) is 15.0. The second-order valence-corrected chi connectivity index (χ2v) is 12.5. The molecular formula is C26H49N7O3S. The zero-order chi connectivity index (χ0) is 26.7. The van der Waals surface area contributed by atoms with Crippen LogP contribution in [0.1, 0.15) is 102 Å². The van der Waals surface area contributed by atoms with Crippen LogP contribution >= 0.6 is 0 Å². The summed E-state index contributed by atoms with van der Waals surface area (Å²) >= 11 is 0. The molecule has 2 N–H and O–H groups in total. The summed E-state index contributed by atoms with van der Waals surface area (Å²) in [6.07, 6.45) is 11.7. The molecule has 1 aromatic heterocycles. The Morgan fingerprint density at radius 3 is 2.43 bits per heavy atom. The van der Waals surface area contributed by atoms with Gasteiger partial charge in [-0.05, 0) is 64.1 Å². The lowest BCUT2D eigenvalue weighted by Crippen LogP contribution is -2.42. The first-order valence-electron chi connectivity index (χ1n) is 14.5. The maximum atomic E-state index is 13.1. The molecule has 10 nitrogen and oxygen atoms in total. The van der Waals surface area contributed by atoms with Gasteiger partial charge in [0.1, 0.15) is 5.82 Å². The number of carbonyl (C=O) groups is 1. The third-order valence-electron chi connectivity index (χ3n) is 7.91. The molecule has 1 aliphatic heterocycles. The van der Waals surface area contributed by atoms with Gasteiger partial charge >= 0.3 is 6.03 Å². The van der Waals surface area contributed by atoms with E-state index in [0.717, 1.165) is 52.0 Å². The van der Waals surface area contributed by atoms with Crippen LogP contribution in [0.4, 0.5) is 4.79 Å². The monoisotopic (exact) mass is 539 g/mol. The van der Waals surface area contributed by atoms with Crippen molar-refractivity contribution in [2.75, 3.05) is 38.5 Å². The molecule has 1 saturated carbocycles. The summed E-state index contributed by atoms with van der Waals surface area (Å²) in [5, 5.41) is 7.55. The van der Waals surface area contributed by atoms with Gasteiger partial charge in [-0.15, -0.1) is 0 Å². The molecule has 0 bridgehead atoms. The summed E-state index contributed by atoms with van der Waals surface area (Å²) in [5.74, 6) is 1.85. The molecule has 0 radical (unpaired) electrons. The summed E-state index contributed by atoms with van der Waals surface area (Å²) in [7, 11) is -1.68. The zero-order valence-electron chi connectivity index (χ0n) is 23.3. The Kier molecular flexibility index (Phi) is 12.1. The molecule has 1 saturated heterocycles. The van der Waals surface area contributed by atoms with E-state index in [4.69, 9.17) is 4.98 Å². The largest absolute Gasteiger partial charge is 0.331 e. The normalized spacial score (nSPS) is 18.3. The Morgan fingerprint density at radius 1 is 1.08 bits per heavy atom. The van der Waals surface area contributed by atoms with Gasteiger partial charge in [-0.2, -0.15) is 5.10 Å². The first-order chi connectivity index (χ1) is 17.8. The van der Waals surface area contributed by atoms with E-state index in [9.17, 15) is 13.2 Å². The van der Waals surface area contributed by atoms with Crippen LogP contribution in [-0.4, -0.2) is 77.5 Å². The molecule has 212 valence electrons. The van der Waals surface area contributed by atoms with Crippen molar-refractivity contribution in [1.82, 2.24) is 34.6 Å². The lowest BCUT2D eigenvalue weighted by Gasteiger charge is -2.26. The topological polar surface area (TPSA) is 112 Å². The molecule has 0 unspecified atom stereocenters. The van der Waals surface area contributed by atoms with Crippen molar-refractivity contribution < 1.29 is 13.2 Å². The highest BCUT2D eigenvalue weighted by atomic mass is 32.2. The van der Waals surface area contributed by atoms with Gasteiger partial charge < -0.3 is 15.1 Å². The number of amides is 2. The van der Waals surface area contributed by atoms with Crippen molar-refractivity contribution in [2.45, 2.75) is 97.1 Å². The van der Waals surface area contributed by atoms with Gasteiger partial charge in [-0.1, -0.05) is 46.0 Å². The Hall–Kier alpha value is -1.72. The molecule has 11 heteroatoms. The fourth-order valence-electron chi connectivity index (χ4n) is 5.52. The maximum absolute atomic E-state index is 13.1. The van der Waals surface area contributed by atoms with Crippen LogP contribution in [0.5, 0.6) is 0 Å². The molecule has 0 aromatic carbocycles. The average molecular weight is 540 g/mol. The molecule has 1 aromatic rings. The predicted octanol–water partition coefficient (Wildman–Crippen LogP) is 3.56. The standard InChI is InChI=1S/C26H49N7O3S/c1-4-32(5-2)17-12-20-37(35,36)30-23(16-15-22-13-8-6-9-14-22)25-28-24(31(3)29-25)21-27-26(34)33-18-10-7-11-19-33/h22-23,30H,4-21H2,1-3H3,(H,27,34)/t23-/m1/s1. The van der Waals surface area contributed by atoms with Crippen LogP contribution in [0.3, 0.4) is 0 Å². The molecule has 1 atom stereocenters. The van der Waals surface area contributed by atoms with E-state index in [1.165, 1.54) is 38.5 Å². The SMILES string of the molecule is CCN(CC)CCCS(=O)(=O)N[C@H](CCC1CCCCC1)c1nc(CNC(=O)N2CCCCC2)n(C)n1. The lowest BCUT2D eigenvalue weighted by atomic mass is 9.85. The van der Waals surface area contributed by atoms with Crippen molar-refractivity contribution in [3.8, 4) is 0 Å². The van der Waals surface area contributed by atoms with Crippen LogP contribution in [0.2, 0.25) is 0 Å². The maximum Gasteiger partial charge on any atom is 0.317 e. The first kappa shape index (κ1) is 29.8. The Bertz CT molecular complexity index is 921. The highest BCUT2D eigenvalue weighted by Crippen LogP contribution is 2.30. The first-order valence-corrected chi connectivity index (χ1v) is 16.1. The van der Waals surface area contributed by atoms with E-state index in [2.05, 4.69) is 33.9 Å². The van der Waals surface area contributed by atoms with Crippen LogP contribution in [0.25, 0.3) is 0 Å². The van der Waals surface area contributed by atoms with Crippen LogP contribution in [0, 0.1) is 5.92 Å². The molecule has 0 spiro atoms. The number of sulfonamides is 1. The van der Waals surface area contributed by atoms with Crippen LogP contribution in [-0.2, 0) is 23.6 Å². The van der Waals surface area contributed by atoms with Crippen molar-refractivity contribution in [1.29, 1.82) is 0 Å². The van der Waals surface area contributed by atoms with E-state index in [1.54, 1.807) is 11.7 Å². The minimum atomic E-state index is -3.48. The number of aromatic nitrogens is 3. The molecule has 1 aliphatic carbocycles. The Labute approximate surface area is 224 Å². The van der Waals surface area contributed by atoms with Crippen molar-refractivity contribution in [3.63, 3.8) is 0 Å². The predicted molar refractivity (Wildman–Crippen MR) is 147 cm³/mol. The van der Waals surface area contributed by atoms with Crippen molar-refractivity contribution >= 4 is 16.1 Å². The summed E-state index contributed by atoms with van der Waals surface area (Å²) < 4.78 is 30.7. The van der Waals surface area contributed by atoms with E-state index in [1.807, 2.05) is 4.90 Å². The summed E-state index contributed by atoms with van der Waals surface area (Å²) in [6.45, 7) is 8.64. The molecule has 2 amide bonds. The minimum absolute atomic E-state index is 0.0768. The van der Waals surface area contributed by atoms with Gasteiger partial charge in [-0.3, -0.25) is 4.68 Å². The van der Waals surface area contributed by atoms with E-state index < -0.39 is 16.1 Å². The number of likely N-dealkylation sites (tertiary alicyclic amines) is 1. The zero-order valence-corrected chi connectivity index (χ0v) is 24.1. The number of nitrogens with zero attached hydrogens (tertiary/aromatic N) is 5. The van der Waals surface area contributed by atoms with Crippen LogP contribution < -0.4 is 10.0 Å².